The minimum atomic E-state index is -0.0603. The zero-order chi connectivity index (χ0) is 13.9. The monoisotopic (exact) mass is 261 g/mol. The highest BCUT2D eigenvalue weighted by Crippen LogP contribution is 2.19. The fraction of sp³-hybridized carbons (Fsp3) is 0.500. The summed E-state index contributed by atoms with van der Waals surface area (Å²) in [6, 6.07) is 1.80. The van der Waals surface area contributed by atoms with Gasteiger partial charge in [-0.05, 0) is 25.8 Å². The Morgan fingerprint density at radius 1 is 1.26 bits per heavy atom. The first-order valence-electron chi connectivity index (χ1n) is 6.36. The van der Waals surface area contributed by atoms with Crippen molar-refractivity contribution in [1.29, 1.82) is 0 Å². The van der Waals surface area contributed by atoms with Crippen LogP contribution in [0.3, 0.4) is 0 Å². The number of aromatic nitrogens is 5. The molecule has 102 valence electrons. The zero-order valence-electron chi connectivity index (χ0n) is 11.5. The first-order chi connectivity index (χ1) is 9.06. The van der Waals surface area contributed by atoms with Crippen molar-refractivity contribution < 1.29 is 0 Å². The Bertz CT molecular complexity index is 531. The Kier molecular flexibility index (Phi) is 3.64. The Morgan fingerprint density at radius 2 is 2.00 bits per heavy atom. The van der Waals surface area contributed by atoms with Crippen LogP contribution in [0.2, 0.25) is 0 Å². The number of anilines is 2. The molecule has 0 aliphatic rings. The Balaban J connectivity index is 2.32. The first kappa shape index (κ1) is 13.3. The highest BCUT2D eigenvalue weighted by Gasteiger charge is 2.21. The highest BCUT2D eigenvalue weighted by atomic mass is 15.4. The van der Waals surface area contributed by atoms with Crippen LogP contribution in [0, 0.1) is 0 Å². The van der Waals surface area contributed by atoms with E-state index in [1.165, 1.54) is 0 Å². The standard InChI is InChI=1S/C12H19N7/c1-4-12(3,5-2)18-10-15-9(13)16-11(17-10)19-8-6-7-14-19/h6-8H,4-5H2,1-3H3,(H3,13,15,16,17,18). The number of nitrogens with one attached hydrogen (secondary N) is 1. The summed E-state index contributed by atoms with van der Waals surface area (Å²) < 4.78 is 1.55. The Hall–Kier alpha value is -2.18. The van der Waals surface area contributed by atoms with Crippen LogP contribution in [-0.4, -0.2) is 30.3 Å². The summed E-state index contributed by atoms with van der Waals surface area (Å²) in [5.74, 6) is 1.07. The molecule has 19 heavy (non-hydrogen) atoms. The molecule has 0 amide bonds. The van der Waals surface area contributed by atoms with Crippen LogP contribution in [0.5, 0.6) is 0 Å². The SMILES string of the molecule is CCC(C)(CC)Nc1nc(N)nc(-n2cccn2)n1. The van der Waals surface area contributed by atoms with Crippen molar-refractivity contribution in [3.63, 3.8) is 0 Å². The van der Waals surface area contributed by atoms with Crippen molar-refractivity contribution in [3.8, 4) is 5.95 Å². The van der Waals surface area contributed by atoms with E-state index in [2.05, 4.69) is 46.1 Å². The lowest BCUT2D eigenvalue weighted by Crippen LogP contribution is -2.34. The van der Waals surface area contributed by atoms with E-state index in [9.17, 15) is 0 Å². The molecule has 0 aliphatic heterocycles. The van der Waals surface area contributed by atoms with E-state index in [1.807, 2.05) is 0 Å². The van der Waals surface area contributed by atoms with Crippen molar-refractivity contribution in [1.82, 2.24) is 24.7 Å². The van der Waals surface area contributed by atoms with Crippen LogP contribution >= 0.6 is 0 Å². The molecular formula is C12H19N7. The number of rotatable bonds is 5. The van der Waals surface area contributed by atoms with Gasteiger partial charge in [-0.25, -0.2) is 4.68 Å². The molecule has 2 aromatic heterocycles. The number of nitrogen functional groups attached to an aromatic ring is 1. The van der Waals surface area contributed by atoms with Gasteiger partial charge in [0.25, 0.3) is 5.95 Å². The lowest BCUT2D eigenvalue weighted by atomic mass is 9.96. The van der Waals surface area contributed by atoms with Gasteiger partial charge in [-0.3, -0.25) is 0 Å². The van der Waals surface area contributed by atoms with Gasteiger partial charge < -0.3 is 11.1 Å². The van der Waals surface area contributed by atoms with Crippen LogP contribution in [0.4, 0.5) is 11.9 Å². The molecule has 2 heterocycles. The summed E-state index contributed by atoms with van der Waals surface area (Å²) in [4.78, 5) is 12.5. The quantitative estimate of drug-likeness (QED) is 0.849. The fourth-order valence-electron chi connectivity index (χ4n) is 1.62. The average Bonchev–Trinajstić information content (AvgIpc) is 2.92. The van der Waals surface area contributed by atoms with Crippen LogP contribution in [-0.2, 0) is 0 Å². The van der Waals surface area contributed by atoms with Crippen LogP contribution in [0.25, 0.3) is 5.95 Å². The van der Waals surface area contributed by atoms with E-state index in [1.54, 1.807) is 23.1 Å². The maximum Gasteiger partial charge on any atom is 0.257 e. The lowest BCUT2D eigenvalue weighted by molar-refractivity contribution is 0.474. The number of nitrogens with zero attached hydrogens (tertiary/aromatic N) is 5. The van der Waals surface area contributed by atoms with E-state index >= 15 is 0 Å². The predicted molar refractivity (Wildman–Crippen MR) is 74.0 cm³/mol. The molecule has 0 radical (unpaired) electrons. The summed E-state index contributed by atoms with van der Waals surface area (Å²) in [7, 11) is 0. The molecule has 0 saturated carbocycles. The molecule has 0 unspecified atom stereocenters. The van der Waals surface area contributed by atoms with E-state index in [4.69, 9.17) is 5.73 Å². The average molecular weight is 261 g/mol. The van der Waals surface area contributed by atoms with Crippen LogP contribution in [0.1, 0.15) is 33.6 Å². The smallest absolute Gasteiger partial charge is 0.257 e. The molecule has 2 aromatic rings. The molecule has 0 fully saturated rings. The third-order valence-electron chi connectivity index (χ3n) is 3.32. The van der Waals surface area contributed by atoms with Gasteiger partial charge in [0.2, 0.25) is 11.9 Å². The molecule has 0 aromatic carbocycles. The maximum absolute atomic E-state index is 5.72. The molecule has 0 bridgehead atoms. The third-order valence-corrected chi connectivity index (χ3v) is 3.32. The largest absolute Gasteiger partial charge is 0.368 e. The van der Waals surface area contributed by atoms with E-state index in [0.29, 0.717) is 11.9 Å². The molecular weight excluding hydrogens is 242 g/mol. The van der Waals surface area contributed by atoms with Crippen molar-refractivity contribution in [3.05, 3.63) is 18.5 Å². The zero-order valence-corrected chi connectivity index (χ0v) is 11.5. The first-order valence-corrected chi connectivity index (χ1v) is 6.36. The molecule has 3 N–H and O–H groups in total. The molecule has 7 nitrogen and oxygen atoms in total. The lowest BCUT2D eigenvalue weighted by Gasteiger charge is -2.28. The van der Waals surface area contributed by atoms with Gasteiger partial charge in [-0.15, -0.1) is 0 Å². The van der Waals surface area contributed by atoms with Crippen molar-refractivity contribution in [2.45, 2.75) is 39.2 Å². The maximum atomic E-state index is 5.72. The highest BCUT2D eigenvalue weighted by molar-refractivity contribution is 5.37. The van der Waals surface area contributed by atoms with Crippen LogP contribution in [0.15, 0.2) is 18.5 Å². The second kappa shape index (κ2) is 5.21. The summed E-state index contributed by atoms with van der Waals surface area (Å²) in [5, 5.41) is 7.40. The predicted octanol–water partition coefficient (Wildman–Crippen LogP) is 1.63. The molecule has 0 atom stereocenters. The molecule has 0 saturated heterocycles. The van der Waals surface area contributed by atoms with Gasteiger partial charge in [0, 0.05) is 17.9 Å². The van der Waals surface area contributed by atoms with Crippen molar-refractivity contribution in [2.75, 3.05) is 11.1 Å². The minimum absolute atomic E-state index is 0.0603. The topological polar surface area (TPSA) is 94.5 Å². The minimum Gasteiger partial charge on any atom is -0.368 e. The fourth-order valence-corrected chi connectivity index (χ4v) is 1.62. The second-order valence-electron chi connectivity index (χ2n) is 4.66. The Morgan fingerprint density at radius 3 is 2.58 bits per heavy atom. The third kappa shape index (κ3) is 2.98. The van der Waals surface area contributed by atoms with Gasteiger partial charge in [-0.1, -0.05) is 13.8 Å². The molecule has 0 aliphatic carbocycles. The van der Waals surface area contributed by atoms with Gasteiger partial charge >= 0.3 is 0 Å². The van der Waals surface area contributed by atoms with Gasteiger partial charge in [-0.2, -0.15) is 20.1 Å². The van der Waals surface area contributed by atoms with E-state index < -0.39 is 0 Å². The van der Waals surface area contributed by atoms with Crippen molar-refractivity contribution in [2.24, 2.45) is 0 Å². The number of nitrogens with two attached hydrogens (primary N) is 1. The van der Waals surface area contributed by atoms with E-state index in [-0.39, 0.29) is 11.5 Å². The summed E-state index contributed by atoms with van der Waals surface area (Å²) in [6.45, 7) is 6.37. The van der Waals surface area contributed by atoms with Gasteiger partial charge in [0.1, 0.15) is 0 Å². The molecule has 7 heteroatoms. The van der Waals surface area contributed by atoms with Crippen LogP contribution < -0.4 is 11.1 Å². The number of hydrogen-bond donors (Lipinski definition) is 2. The Labute approximate surface area is 112 Å². The normalized spacial score (nSPS) is 11.5. The summed E-state index contributed by atoms with van der Waals surface area (Å²) in [6.07, 6.45) is 5.35. The summed E-state index contributed by atoms with van der Waals surface area (Å²) in [5.41, 5.74) is 5.66. The van der Waals surface area contributed by atoms with Gasteiger partial charge in [0.05, 0.1) is 0 Å². The van der Waals surface area contributed by atoms with Crippen molar-refractivity contribution >= 4 is 11.9 Å². The van der Waals surface area contributed by atoms with E-state index in [0.717, 1.165) is 12.8 Å². The summed E-state index contributed by atoms with van der Waals surface area (Å²) >= 11 is 0. The van der Waals surface area contributed by atoms with Gasteiger partial charge in [0.15, 0.2) is 0 Å². The number of hydrogen-bond acceptors (Lipinski definition) is 6. The second-order valence-corrected chi connectivity index (χ2v) is 4.66. The molecule has 2 rings (SSSR count). The molecule has 0 spiro atoms.